The maximum absolute atomic E-state index is 12.3. The van der Waals surface area contributed by atoms with Crippen molar-refractivity contribution in [2.45, 2.75) is 23.9 Å². The third kappa shape index (κ3) is 3.97. The molecule has 0 unspecified atom stereocenters. The number of carbonyl (C=O) groups is 1. The van der Waals surface area contributed by atoms with Gasteiger partial charge in [0.1, 0.15) is 5.69 Å². The van der Waals surface area contributed by atoms with E-state index in [1.165, 1.54) is 0 Å². The fourth-order valence-corrected chi connectivity index (χ4v) is 3.96. The number of nitrogens with one attached hydrogen (secondary N) is 3. The highest BCUT2D eigenvalue weighted by Gasteiger charge is 2.26. The van der Waals surface area contributed by atoms with Crippen LogP contribution in [0.25, 0.3) is 0 Å². The van der Waals surface area contributed by atoms with Gasteiger partial charge in [-0.15, -0.1) is 0 Å². The van der Waals surface area contributed by atoms with E-state index in [1.54, 1.807) is 17.8 Å². The fraction of sp³-hybridized carbons (Fsp3) is 0.375. The number of rotatable bonds is 5. The molecule has 3 rings (SSSR count). The van der Waals surface area contributed by atoms with Gasteiger partial charge >= 0.3 is 0 Å². The lowest BCUT2D eigenvalue weighted by Gasteiger charge is -2.27. The monoisotopic (exact) mass is 472 g/mol. The molecule has 128 valence electrons. The number of nitrogens with zero attached hydrogens (tertiary/aromatic N) is 1. The minimum atomic E-state index is -0.0934. The smallest absolute Gasteiger partial charge is 0.267 e. The number of aromatic amines is 2. The molecule has 2 aromatic heterocycles. The third-order valence-electron chi connectivity index (χ3n) is 4.22. The van der Waals surface area contributed by atoms with E-state index < -0.39 is 0 Å². The standard InChI is InChI=1S/C16H18Br2N4OS/c1-24-16-20-8-13(22-16)10-5-3-2-4-9(10)7-19-15(23)12-6-11(17)14(18)21-12/h2-3,6,8-10,21H,4-5,7H2,1H3,(H,19,23)(H,20,22)/t9-,10+/m1/s1. The second-order valence-corrected chi connectivity index (χ2v) is 8.15. The van der Waals surface area contributed by atoms with Crippen molar-refractivity contribution in [2.24, 2.45) is 5.92 Å². The van der Waals surface area contributed by atoms with E-state index >= 15 is 0 Å². The van der Waals surface area contributed by atoms with E-state index in [2.05, 4.69) is 64.3 Å². The highest BCUT2D eigenvalue weighted by Crippen LogP contribution is 2.34. The molecule has 0 aromatic carbocycles. The van der Waals surface area contributed by atoms with Crippen molar-refractivity contribution in [1.82, 2.24) is 20.3 Å². The van der Waals surface area contributed by atoms with Gasteiger partial charge in [0, 0.05) is 24.4 Å². The summed E-state index contributed by atoms with van der Waals surface area (Å²) in [4.78, 5) is 23.1. The maximum atomic E-state index is 12.3. The number of amides is 1. The first kappa shape index (κ1) is 17.8. The predicted molar refractivity (Wildman–Crippen MR) is 103 cm³/mol. The van der Waals surface area contributed by atoms with Gasteiger partial charge in [-0.2, -0.15) is 0 Å². The van der Waals surface area contributed by atoms with Crippen LogP contribution in [0.2, 0.25) is 0 Å². The van der Waals surface area contributed by atoms with Gasteiger partial charge in [0.15, 0.2) is 5.16 Å². The van der Waals surface area contributed by atoms with Crippen molar-refractivity contribution in [1.29, 1.82) is 0 Å². The molecule has 8 heteroatoms. The van der Waals surface area contributed by atoms with Gasteiger partial charge in [0.2, 0.25) is 0 Å². The molecule has 2 heterocycles. The van der Waals surface area contributed by atoms with Gasteiger partial charge in [-0.1, -0.05) is 23.9 Å². The number of allylic oxidation sites excluding steroid dienone is 2. The minimum Gasteiger partial charge on any atom is -0.350 e. The Hall–Kier alpha value is -0.990. The van der Waals surface area contributed by atoms with Crippen molar-refractivity contribution in [3.8, 4) is 0 Å². The Labute approximate surface area is 161 Å². The van der Waals surface area contributed by atoms with Gasteiger partial charge in [0.25, 0.3) is 5.91 Å². The normalized spacial score (nSPS) is 20.3. The molecule has 0 fully saturated rings. The lowest BCUT2D eigenvalue weighted by Crippen LogP contribution is -2.33. The average Bonchev–Trinajstić information content (AvgIpc) is 3.20. The third-order valence-corrected chi connectivity index (χ3v) is 6.60. The molecular formula is C16H18Br2N4OS. The summed E-state index contributed by atoms with van der Waals surface area (Å²) in [5.74, 6) is 0.617. The molecule has 0 saturated carbocycles. The Bertz CT molecular complexity index is 736. The van der Waals surface area contributed by atoms with Gasteiger partial charge in [0.05, 0.1) is 9.08 Å². The summed E-state index contributed by atoms with van der Waals surface area (Å²) in [6.45, 7) is 0.635. The van der Waals surface area contributed by atoms with Gasteiger partial charge in [-0.25, -0.2) is 4.98 Å². The minimum absolute atomic E-state index is 0.0934. The number of aromatic nitrogens is 3. The summed E-state index contributed by atoms with van der Waals surface area (Å²) in [6.07, 6.45) is 10.3. The summed E-state index contributed by atoms with van der Waals surface area (Å²) in [6, 6.07) is 1.78. The van der Waals surface area contributed by atoms with Crippen molar-refractivity contribution in [3.05, 3.63) is 44.9 Å². The topological polar surface area (TPSA) is 73.6 Å². The van der Waals surface area contributed by atoms with Crippen LogP contribution >= 0.6 is 43.6 Å². The molecule has 3 N–H and O–H groups in total. The van der Waals surface area contributed by atoms with Crippen molar-refractivity contribution < 1.29 is 4.79 Å². The molecule has 1 amide bonds. The quantitative estimate of drug-likeness (QED) is 0.443. The lowest BCUT2D eigenvalue weighted by atomic mass is 9.81. The number of hydrogen-bond donors (Lipinski definition) is 3. The van der Waals surface area contributed by atoms with Crippen LogP contribution in [0.4, 0.5) is 0 Å². The van der Waals surface area contributed by atoms with Crippen LogP contribution in [-0.2, 0) is 0 Å². The van der Waals surface area contributed by atoms with Crippen LogP contribution < -0.4 is 5.32 Å². The maximum Gasteiger partial charge on any atom is 0.267 e. The molecule has 24 heavy (non-hydrogen) atoms. The van der Waals surface area contributed by atoms with Gasteiger partial charge in [-0.3, -0.25) is 4.79 Å². The van der Waals surface area contributed by atoms with Crippen LogP contribution in [0.3, 0.4) is 0 Å². The zero-order chi connectivity index (χ0) is 17.1. The highest BCUT2D eigenvalue weighted by atomic mass is 79.9. The molecule has 1 aliphatic carbocycles. The molecular weight excluding hydrogens is 456 g/mol. The highest BCUT2D eigenvalue weighted by molar-refractivity contribution is 9.13. The fourth-order valence-electron chi connectivity index (χ4n) is 2.93. The summed E-state index contributed by atoms with van der Waals surface area (Å²) >= 11 is 8.34. The van der Waals surface area contributed by atoms with Crippen LogP contribution in [0.15, 0.2) is 38.6 Å². The molecule has 2 aromatic rings. The summed E-state index contributed by atoms with van der Waals surface area (Å²) in [5, 5.41) is 3.98. The number of H-pyrrole nitrogens is 2. The molecule has 0 aliphatic heterocycles. The Morgan fingerprint density at radius 3 is 2.83 bits per heavy atom. The zero-order valence-electron chi connectivity index (χ0n) is 13.1. The number of halogens is 2. The second-order valence-electron chi connectivity index (χ2n) is 5.71. The Balaban J connectivity index is 1.66. The van der Waals surface area contributed by atoms with E-state index in [4.69, 9.17) is 0 Å². The van der Waals surface area contributed by atoms with Crippen LogP contribution in [0.1, 0.15) is 34.9 Å². The van der Waals surface area contributed by atoms with E-state index in [0.29, 0.717) is 24.1 Å². The molecule has 0 saturated heterocycles. The second kappa shape index (κ2) is 7.93. The molecule has 2 atom stereocenters. The van der Waals surface area contributed by atoms with Crippen molar-refractivity contribution in [2.75, 3.05) is 12.8 Å². The Morgan fingerprint density at radius 2 is 2.17 bits per heavy atom. The van der Waals surface area contributed by atoms with Crippen LogP contribution in [-0.4, -0.2) is 33.7 Å². The molecule has 1 aliphatic rings. The molecule has 0 radical (unpaired) electrons. The summed E-state index contributed by atoms with van der Waals surface area (Å²) in [5.41, 5.74) is 1.69. The van der Waals surface area contributed by atoms with Crippen molar-refractivity contribution in [3.63, 3.8) is 0 Å². The van der Waals surface area contributed by atoms with Crippen LogP contribution in [0.5, 0.6) is 0 Å². The largest absolute Gasteiger partial charge is 0.350 e. The average molecular weight is 474 g/mol. The Kier molecular flexibility index (Phi) is 5.89. The Morgan fingerprint density at radius 1 is 1.38 bits per heavy atom. The van der Waals surface area contributed by atoms with E-state index in [9.17, 15) is 4.79 Å². The SMILES string of the molecule is CSc1ncc([C@H]2CC=CC[C@@H]2CNC(=O)c2cc(Br)c(Br)[nH]2)[nH]1. The first-order valence-corrected chi connectivity index (χ1v) is 10.5. The summed E-state index contributed by atoms with van der Waals surface area (Å²) in [7, 11) is 0. The first-order valence-electron chi connectivity index (χ1n) is 7.64. The number of hydrogen-bond acceptors (Lipinski definition) is 3. The van der Waals surface area contributed by atoms with E-state index in [1.807, 2.05) is 12.5 Å². The number of carbonyl (C=O) groups excluding carboxylic acids is 1. The number of thioether (sulfide) groups is 1. The molecule has 0 spiro atoms. The van der Waals surface area contributed by atoms with Gasteiger partial charge in [-0.05, 0) is 62.9 Å². The van der Waals surface area contributed by atoms with Crippen molar-refractivity contribution >= 4 is 49.5 Å². The van der Waals surface area contributed by atoms with E-state index in [0.717, 1.165) is 32.8 Å². The van der Waals surface area contributed by atoms with E-state index in [-0.39, 0.29) is 5.91 Å². The van der Waals surface area contributed by atoms with Crippen LogP contribution in [0, 0.1) is 5.92 Å². The summed E-state index contributed by atoms with van der Waals surface area (Å²) < 4.78 is 1.61. The van der Waals surface area contributed by atoms with Gasteiger partial charge < -0.3 is 15.3 Å². The molecule has 0 bridgehead atoms. The molecule has 5 nitrogen and oxygen atoms in total. The zero-order valence-corrected chi connectivity index (χ0v) is 17.1. The number of imidazole rings is 1. The predicted octanol–water partition coefficient (Wildman–Crippen LogP) is 4.46. The lowest BCUT2D eigenvalue weighted by molar-refractivity contribution is 0.0940. The first-order chi connectivity index (χ1) is 11.6.